The maximum atomic E-state index is 12.3. The number of hydrogen-bond donors (Lipinski definition) is 1. The fraction of sp³-hybridized carbons (Fsp3) is 0.556. The zero-order valence-electron chi connectivity index (χ0n) is 14.8. The molecule has 2 rings (SSSR count). The van der Waals surface area contributed by atoms with Crippen LogP contribution in [0.3, 0.4) is 0 Å². The second-order valence-electron chi connectivity index (χ2n) is 7.18. The number of benzene rings is 1. The first-order valence-corrected chi connectivity index (χ1v) is 7.97. The normalized spacial score (nSPS) is 20.8. The van der Waals surface area contributed by atoms with Gasteiger partial charge in [0.25, 0.3) is 0 Å². The van der Waals surface area contributed by atoms with Gasteiger partial charge in [-0.25, -0.2) is 4.79 Å². The number of amides is 1. The van der Waals surface area contributed by atoms with E-state index < -0.39 is 23.6 Å². The minimum absolute atomic E-state index is 0.131. The van der Waals surface area contributed by atoms with Crippen molar-refractivity contribution in [3.8, 4) is 5.75 Å². The number of aryl methyl sites for hydroxylation is 1. The Morgan fingerprint density at radius 3 is 2.46 bits per heavy atom. The number of likely N-dealkylation sites (tertiary alicyclic amines) is 1. The first kappa shape index (κ1) is 18.1. The Morgan fingerprint density at radius 1 is 1.25 bits per heavy atom. The van der Waals surface area contributed by atoms with Crippen LogP contribution in [0, 0.1) is 12.8 Å². The van der Waals surface area contributed by atoms with Gasteiger partial charge in [0.15, 0.2) is 0 Å². The molecule has 1 heterocycles. The Kier molecular flexibility index (Phi) is 5.06. The standard InChI is InChI=1S/C18H25NO5/c1-11-6-7-12(15(8-11)23-5)13-9-19(10-14(13)16(20)21)17(22)24-18(2,3)4/h6-8,13-14H,9-10H2,1-5H3,(H,20,21). The highest BCUT2D eigenvalue weighted by Crippen LogP contribution is 2.38. The molecule has 2 unspecified atom stereocenters. The SMILES string of the molecule is COc1cc(C)ccc1C1CN(C(=O)OC(C)(C)C)CC1C(=O)O. The van der Waals surface area contributed by atoms with Gasteiger partial charge in [0, 0.05) is 19.0 Å². The quantitative estimate of drug-likeness (QED) is 0.919. The third-order valence-electron chi connectivity index (χ3n) is 4.08. The van der Waals surface area contributed by atoms with Gasteiger partial charge in [-0.2, -0.15) is 0 Å². The van der Waals surface area contributed by atoms with Crippen molar-refractivity contribution in [1.82, 2.24) is 4.90 Å². The Bertz CT molecular complexity index is 635. The molecule has 1 aliphatic rings. The third-order valence-corrected chi connectivity index (χ3v) is 4.08. The molecule has 1 saturated heterocycles. The van der Waals surface area contributed by atoms with E-state index in [4.69, 9.17) is 9.47 Å². The number of hydrogen-bond acceptors (Lipinski definition) is 4. The molecule has 0 aliphatic carbocycles. The first-order valence-electron chi connectivity index (χ1n) is 7.97. The lowest BCUT2D eigenvalue weighted by molar-refractivity contribution is -0.141. The summed E-state index contributed by atoms with van der Waals surface area (Å²) in [6.45, 7) is 7.74. The summed E-state index contributed by atoms with van der Waals surface area (Å²) >= 11 is 0. The van der Waals surface area contributed by atoms with Crippen LogP contribution < -0.4 is 4.74 Å². The van der Waals surface area contributed by atoms with Crippen LogP contribution in [0.25, 0.3) is 0 Å². The number of rotatable bonds is 3. The minimum atomic E-state index is -0.923. The molecule has 1 N–H and O–H groups in total. The molecule has 0 spiro atoms. The van der Waals surface area contributed by atoms with Gasteiger partial charge in [0.2, 0.25) is 0 Å². The molecular weight excluding hydrogens is 310 g/mol. The van der Waals surface area contributed by atoms with Crippen LogP contribution in [0.2, 0.25) is 0 Å². The van der Waals surface area contributed by atoms with Crippen molar-refractivity contribution in [1.29, 1.82) is 0 Å². The van der Waals surface area contributed by atoms with E-state index in [0.29, 0.717) is 12.3 Å². The smallest absolute Gasteiger partial charge is 0.410 e. The molecule has 6 nitrogen and oxygen atoms in total. The summed E-state index contributed by atoms with van der Waals surface area (Å²) in [6.07, 6.45) is -0.484. The molecular formula is C18H25NO5. The van der Waals surface area contributed by atoms with Crippen molar-refractivity contribution in [2.24, 2.45) is 5.92 Å². The number of methoxy groups -OCH3 is 1. The van der Waals surface area contributed by atoms with Crippen LogP contribution in [0.1, 0.15) is 37.8 Å². The van der Waals surface area contributed by atoms with Gasteiger partial charge in [-0.3, -0.25) is 4.79 Å². The number of carbonyl (C=O) groups excluding carboxylic acids is 1. The number of carboxylic acid groups (broad SMARTS) is 1. The van der Waals surface area contributed by atoms with Crippen LogP contribution in [-0.4, -0.2) is 47.9 Å². The fourth-order valence-electron chi connectivity index (χ4n) is 2.97. The fourth-order valence-corrected chi connectivity index (χ4v) is 2.97. The molecule has 1 amide bonds. The van der Waals surface area contributed by atoms with Crippen LogP contribution in [0.15, 0.2) is 18.2 Å². The summed E-state index contributed by atoms with van der Waals surface area (Å²) in [5, 5.41) is 9.58. The lowest BCUT2D eigenvalue weighted by Crippen LogP contribution is -2.35. The molecule has 0 saturated carbocycles. The van der Waals surface area contributed by atoms with Crippen molar-refractivity contribution in [3.05, 3.63) is 29.3 Å². The molecule has 24 heavy (non-hydrogen) atoms. The molecule has 132 valence electrons. The van der Waals surface area contributed by atoms with Crippen molar-refractivity contribution < 1.29 is 24.2 Å². The van der Waals surface area contributed by atoms with Crippen molar-refractivity contribution in [2.75, 3.05) is 20.2 Å². The second-order valence-corrected chi connectivity index (χ2v) is 7.18. The highest BCUT2D eigenvalue weighted by Gasteiger charge is 2.42. The minimum Gasteiger partial charge on any atom is -0.496 e. The molecule has 1 fully saturated rings. The van der Waals surface area contributed by atoms with E-state index in [1.165, 1.54) is 4.90 Å². The summed E-state index contributed by atoms with van der Waals surface area (Å²) < 4.78 is 10.8. The maximum absolute atomic E-state index is 12.3. The van der Waals surface area contributed by atoms with Crippen molar-refractivity contribution >= 4 is 12.1 Å². The van der Waals surface area contributed by atoms with Gasteiger partial charge in [-0.1, -0.05) is 12.1 Å². The maximum Gasteiger partial charge on any atom is 0.410 e. The Hall–Kier alpha value is -2.24. The van der Waals surface area contributed by atoms with Crippen LogP contribution >= 0.6 is 0 Å². The number of ether oxygens (including phenoxy) is 2. The highest BCUT2D eigenvalue weighted by atomic mass is 16.6. The van der Waals surface area contributed by atoms with Crippen LogP contribution in [0.4, 0.5) is 4.79 Å². The third kappa shape index (κ3) is 3.99. The number of aliphatic carboxylic acids is 1. The van der Waals surface area contributed by atoms with Gasteiger partial charge in [-0.15, -0.1) is 0 Å². The summed E-state index contributed by atoms with van der Waals surface area (Å²) in [7, 11) is 1.56. The van der Waals surface area contributed by atoms with Crippen molar-refractivity contribution in [2.45, 2.75) is 39.2 Å². The van der Waals surface area contributed by atoms with E-state index in [2.05, 4.69) is 0 Å². The average Bonchev–Trinajstić information content (AvgIpc) is 2.90. The molecule has 6 heteroatoms. The average molecular weight is 335 g/mol. The van der Waals surface area contributed by atoms with E-state index in [1.807, 2.05) is 25.1 Å². The monoisotopic (exact) mass is 335 g/mol. The Balaban J connectivity index is 2.29. The summed E-state index contributed by atoms with van der Waals surface area (Å²) in [5.41, 5.74) is 1.22. The molecule has 0 radical (unpaired) electrons. The Morgan fingerprint density at radius 2 is 1.92 bits per heavy atom. The van der Waals surface area contributed by atoms with Gasteiger partial charge in [0.1, 0.15) is 11.4 Å². The predicted octanol–water partition coefficient (Wildman–Crippen LogP) is 3.04. The predicted molar refractivity (Wildman–Crippen MR) is 89.4 cm³/mol. The lowest BCUT2D eigenvalue weighted by atomic mass is 9.88. The molecule has 2 atom stereocenters. The van der Waals surface area contributed by atoms with E-state index in [-0.39, 0.29) is 12.5 Å². The highest BCUT2D eigenvalue weighted by molar-refractivity contribution is 5.76. The van der Waals surface area contributed by atoms with E-state index >= 15 is 0 Å². The van der Waals surface area contributed by atoms with E-state index in [0.717, 1.165) is 11.1 Å². The second kappa shape index (κ2) is 6.71. The van der Waals surface area contributed by atoms with Gasteiger partial charge < -0.3 is 19.5 Å². The zero-order valence-corrected chi connectivity index (χ0v) is 14.8. The van der Waals surface area contributed by atoms with Crippen molar-refractivity contribution in [3.63, 3.8) is 0 Å². The van der Waals surface area contributed by atoms with Gasteiger partial charge >= 0.3 is 12.1 Å². The molecule has 1 aliphatic heterocycles. The summed E-state index contributed by atoms with van der Waals surface area (Å²) in [4.78, 5) is 25.4. The number of nitrogens with zero attached hydrogens (tertiary/aromatic N) is 1. The number of carbonyl (C=O) groups is 2. The van der Waals surface area contributed by atoms with E-state index in [1.54, 1.807) is 27.9 Å². The Labute approximate surface area is 142 Å². The summed E-state index contributed by atoms with van der Waals surface area (Å²) in [6, 6.07) is 5.69. The van der Waals surface area contributed by atoms with E-state index in [9.17, 15) is 14.7 Å². The van der Waals surface area contributed by atoms with Crippen LogP contribution in [0.5, 0.6) is 5.75 Å². The first-order chi connectivity index (χ1) is 11.1. The molecule has 0 bridgehead atoms. The molecule has 0 aromatic heterocycles. The molecule has 1 aromatic carbocycles. The number of carboxylic acids is 1. The zero-order chi connectivity index (χ0) is 18.1. The topological polar surface area (TPSA) is 76.1 Å². The van der Waals surface area contributed by atoms with Gasteiger partial charge in [-0.05, 0) is 44.9 Å². The molecule has 1 aromatic rings. The summed E-state index contributed by atoms with van der Waals surface area (Å²) in [5.74, 6) is -1.29. The lowest BCUT2D eigenvalue weighted by Gasteiger charge is -2.24. The van der Waals surface area contributed by atoms with Crippen LogP contribution in [-0.2, 0) is 9.53 Å². The van der Waals surface area contributed by atoms with Gasteiger partial charge in [0.05, 0.1) is 13.0 Å². The largest absolute Gasteiger partial charge is 0.496 e.